The van der Waals surface area contributed by atoms with E-state index >= 15 is 0 Å². The van der Waals surface area contributed by atoms with Crippen LogP contribution in [0.4, 0.5) is 0 Å². The Morgan fingerprint density at radius 3 is 2.69 bits per heavy atom. The first kappa shape index (κ1) is 15.1. The summed E-state index contributed by atoms with van der Waals surface area (Å²) < 4.78 is 5.74. The number of ether oxygens (including phenoxy) is 1. The second kappa shape index (κ2) is 5.39. The maximum atomic E-state index is 12.8. The zero-order chi connectivity index (χ0) is 17.7. The number of aromatic amines is 1. The van der Waals surface area contributed by atoms with E-state index in [0.29, 0.717) is 42.6 Å². The van der Waals surface area contributed by atoms with Crippen LogP contribution < -0.4 is 0 Å². The lowest BCUT2D eigenvalue weighted by Crippen LogP contribution is -2.45. The van der Waals surface area contributed by atoms with Crippen molar-refractivity contribution in [3.63, 3.8) is 0 Å². The number of fused-ring (bicyclic) bond motifs is 3. The number of rotatable bonds is 1. The van der Waals surface area contributed by atoms with Crippen molar-refractivity contribution < 1.29 is 14.3 Å². The molecule has 0 bridgehead atoms. The van der Waals surface area contributed by atoms with Crippen molar-refractivity contribution in [2.24, 2.45) is 0 Å². The number of benzene rings is 2. The van der Waals surface area contributed by atoms with Gasteiger partial charge in [0.15, 0.2) is 0 Å². The first-order valence-corrected chi connectivity index (χ1v) is 8.59. The lowest BCUT2D eigenvalue weighted by molar-refractivity contribution is -0.0389. The molecule has 1 saturated heterocycles. The number of nitrogens with zero attached hydrogens (tertiary/aromatic N) is 3. The predicted molar refractivity (Wildman–Crippen MR) is 92.6 cm³/mol. The molecule has 1 aromatic heterocycles. The van der Waals surface area contributed by atoms with Gasteiger partial charge in [0.25, 0.3) is 5.91 Å². The number of hydrogen-bond acceptors (Lipinski definition) is 5. The highest BCUT2D eigenvalue weighted by molar-refractivity contribution is 5.97. The molecule has 1 N–H and O–H groups in total. The van der Waals surface area contributed by atoms with Crippen LogP contribution in [0, 0.1) is 0 Å². The molecule has 2 aliphatic rings. The third kappa shape index (κ3) is 2.13. The van der Waals surface area contributed by atoms with Gasteiger partial charge in [-0.05, 0) is 24.3 Å². The first-order valence-electron chi connectivity index (χ1n) is 8.59. The molecule has 0 aliphatic carbocycles. The van der Waals surface area contributed by atoms with E-state index in [-0.39, 0.29) is 11.9 Å². The van der Waals surface area contributed by atoms with Gasteiger partial charge in [-0.1, -0.05) is 18.2 Å². The normalized spacial score (nSPS) is 18.2. The molecule has 5 rings (SSSR count). The predicted octanol–water partition coefficient (Wildman–Crippen LogP) is 2.26. The number of esters is 1. The minimum absolute atomic E-state index is 0.0395. The van der Waals surface area contributed by atoms with E-state index in [4.69, 9.17) is 4.74 Å². The summed E-state index contributed by atoms with van der Waals surface area (Å²) in [7, 11) is 0. The van der Waals surface area contributed by atoms with Crippen LogP contribution in [-0.2, 0) is 10.3 Å². The third-order valence-electron chi connectivity index (χ3n) is 5.35. The Balaban J connectivity index is 1.37. The molecule has 1 spiro atoms. The van der Waals surface area contributed by atoms with Crippen LogP contribution in [0.2, 0.25) is 0 Å². The molecule has 1 amide bonds. The van der Waals surface area contributed by atoms with Crippen molar-refractivity contribution in [2.75, 3.05) is 13.1 Å². The molecule has 0 radical (unpaired) electrons. The number of likely N-dealkylation sites (tertiary alicyclic amines) is 1. The molecule has 1 fully saturated rings. The van der Waals surface area contributed by atoms with Crippen LogP contribution in [0.3, 0.4) is 0 Å². The van der Waals surface area contributed by atoms with E-state index in [1.165, 1.54) is 0 Å². The first-order chi connectivity index (χ1) is 12.7. The summed E-state index contributed by atoms with van der Waals surface area (Å²) >= 11 is 0. The van der Waals surface area contributed by atoms with E-state index in [0.717, 1.165) is 11.1 Å². The summed E-state index contributed by atoms with van der Waals surface area (Å²) in [5.74, 6) is -0.306. The molecule has 26 heavy (non-hydrogen) atoms. The minimum Gasteiger partial charge on any atom is -0.450 e. The Morgan fingerprint density at radius 2 is 1.85 bits per heavy atom. The Morgan fingerprint density at radius 1 is 1.08 bits per heavy atom. The maximum Gasteiger partial charge on any atom is 0.339 e. The largest absolute Gasteiger partial charge is 0.450 e. The van der Waals surface area contributed by atoms with E-state index in [1.54, 1.807) is 29.2 Å². The average Bonchev–Trinajstić information content (AvgIpc) is 3.25. The summed E-state index contributed by atoms with van der Waals surface area (Å²) in [6, 6.07) is 12.8. The number of aromatic nitrogens is 3. The quantitative estimate of drug-likeness (QED) is 0.682. The van der Waals surface area contributed by atoms with Gasteiger partial charge in [0.05, 0.1) is 5.56 Å². The number of piperidine rings is 1. The molecule has 0 unspecified atom stereocenters. The Bertz CT molecular complexity index is 1030. The Labute approximate surface area is 148 Å². The number of nitrogens with one attached hydrogen (secondary N) is 1. The van der Waals surface area contributed by atoms with Crippen LogP contribution in [0.5, 0.6) is 0 Å². The number of carbonyl (C=O) groups is 2. The van der Waals surface area contributed by atoms with Crippen molar-refractivity contribution in [3.05, 3.63) is 59.2 Å². The molecule has 7 heteroatoms. The molecule has 2 aliphatic heterocycles. The van der Waals surface area contributed by atoms with Crippen LogP contribution in [-0.4, -0.2) is 45.3 Å². The monoisotopic (exact) mass is 348 g/mol. The van der Waals surface area contributed by atoms with Gasteiger partial charge in [-0.15, -0.1) is 0 Å². The smallest absolute Gasteiger partial charge is 0.339 e. The fourth-order valence-corrected chi connectivity index (χ4v) is 3.94. The van der Waals surface area contributed by atoms with Crippen LogP contribution >= 0.6 is 0 Å². The second-order valence-corrected chi connectivity index (χ2v) is 6.75. The number of hydrogen-bond donors (Lipinski definition) is 1. The minimum atomic E-state index is -0.597. The Kier molecular flexibility index (Phi) is 3.12. The highest BCUT2D eigenvalue weighted by Gasteiger charge is 2.47. The maximum absolute atomic E-state index is 12.8. The van der Waals surface area contributed by atoms with Crippen LogP contribution in [0.1, 0.15) is 39.1 Å². The van der Waals surface area contributed by atoms with Gasteiger partial charge in [0, 0.05) is 37.1 Å². The van der Waals surface area contributed by atoms with Gasteiger partial charge >= 0.3 is 5.97 Å². The SMILES string of the molecule is O=C1OC2(CCN(C(=O)c3ccc4n[nH]nc4c3)CC2)c2ccccc21. The Hall–Kier alpha value is -3.22. The van der Waals surface area contributed by atoms with Gasteiger partial charge in [-0.3, -0.25) is 4.79 Å². The lowest BCUT2D eigenvalue weighted by atomic mass is 9.83. The number of amides is 1. The molecule has 3 heterocycles. The zero-order valence-electron chi connectivity index (χ0n) is 13.9. The molecule has 0 saturated carbocycles. The molecule has 7 nitrogen and oxygen atoms in total. The van der Waals surface area contributed by atoms with Crippen molar-refractivity contribution in [3.8, 4) is 0 Å². The molecular weight excluding hydrogens is 332 g/mol. The van der Waals surface area contributed by atoms with E-state index in [2.05, 4.69) is 15.4 Å². The van der Waals surface area contributed by atoms with E-state index < -0.39 is 5.60 Å². The standard InChI is InChI=1S/C19H16N4O3/c24-17(12-5-6-15-16(11-12)21-22-20-15)23-9-7-19(8-10-23)14-4-2-1-3-13(14)18(25)26-19/h1-6,11H,7-10H2,(H,20,21,22). The molecular formula is C19H16N4O3. The van der Waals surface area contributed by atoms with Gasteiger partial charge in [-0.2, -0.15) is 15.4 Å². The topological polar surface area (TPSA) is 88.2 Å². The highest BCUT2D eigenvalue weighted by Crippen LogP contribution is 2.44. The fourth-order valence-electron chi connectivity index (χ4n) is 3.94. The number of H-pyrrole nitrogens is 1. The van der Waals surface area contributed by atoms with E-state index in [9.17, 15) is 9.59 Å². The average molecular weight is 348 g/mol. The van der Waals surface area contributed by atoms with Crippen molar-refractivity contribution in [1.82, 2.24) is 20.3 Å². The summed E-state index contributed by atoms with van der Waals surface area (Å²) in [5, 5.41) is 10.6. The molecule has 130 valence electrons. The lowest BCUT2D eigenvalue weighted by Gasteiger charge is -2.38. The highest BCUT2D eigenvalue weighted by atomic mass is 16.6. The van der Waals surface area contributed by atoms with Crippen LogP contribution in [0.15, 0.2) is 42.5 Å². The van der Waals surface area contributed by atoms with E-state index in [1.807, 2.05) is 18.2 Å². The molecule has 0 atom stereocenters. The van der Waals surface area contributed by atoms with Gasteiger partial charge in [0.1, 0.15) is 16.6 Å². The third-order valence-corrected chi connectivity index (χ3v) is 5.35. The summed E-state index contributed by atoms with van der Waals surface area (Å²) in [6.45, 7) is 1.08. The summed E-state index contributed by atoms with van der Waals surface area (Å²) in [4.78, 5) is 26.8. The second-order valence-electron chi connectivity index (χ2n) is 6.75. The van der Waals surface area contributed by atoms with Crippen molar-refractivity contribution in [1.29, 1.82) is 0 Å². The van der Waals surface area contributed by atoms with Crippen LogP contribution in [0.25, 0.3) is 11.0 Å². The summed E-state index contributed by atoms with van der Waals surface area (Å²) in [5.41, 5.74) is 2.98. The van der Waals surface area contributed by atoms with Gasteiger partial charge in [0.2, 0.25) is 0 Å². The van der Waals surface area contributed by atoms with Crippen molar-refractivity contribution in [2.45, 2.75) is 18.4 Å². The summed E-state index contributed by atoms with van der Waals surface area (Å²) in [6.07, 6.45) is 1.21. The zero-order valence-corrected chi connectivity index (χ0v) is 13.9. The van der Waals surface area contributed by atoms with Crippen molar-refractivity contribution >= 4 is 22.9 Å². The molecule has 3 aromatic rings. The fraction of sp³-hybridized carbons (Fsp3) is 0.263. The van der Waals surface area contributed by atoms with Gasteiger partial charge < -0.3 is 9.64 Å². The number of carbonyl (C=O) groups excluding carboxylic acids is 2. The van der Waals surface area contributed by atoms with Gasteiger partial charge in [-0.25, -0.2) is 4.79 Å². The molecule has 2 aromatic carbocycles.